The molecule has 1 atom stereocenters. The van der Waals surface area contributed by atoms with Crippen LogP contribution in [0.3, 0.4) is 0 Å². The number of hydrogen-bond donors (Lipinski definition) is 0. The molecule has 1 spiro atoms. The fraction of sp³-hybridized carbons (Fsp3) is 0.688. The van der Waals surface area contributed by atoms with E-state index in [9.17, 15) is 8.42 Å². The van der Waals surface area contributed by atoms with Gasteiger partial charge in [-0.3, -0.25) is 4.98 Å². The zero-order valence-corrected chi connectivity index (χ0v) is 14.5. The van der Waals surface area contributed by atoms with Gasteiger partial charge in [-0.15, -0.1) is 0 Å². The third-order valence-corrected chi connectivity index (χ3v) is 6.95. The van der Waals surface area contributed by atoms with Gasteiger partial charge < -0.3 is 9.47 Å². The predicted octanol–water partition coefficient (Wildman–Crippen LogP) is 1.43. The standard InChI is InChI=1S/C16H24N2O4S/c1-13(2)23(19,20)18-11-16(12-18)15(5-8-22-16)10-21-9-14-3-6-17-7-4-14/h3-4,6-7,13,15H,5,8-12H2,1-2H3. The molecule has 7 heteroatoms. The van der Waals surface area contributed by atoms with E-state index in [2.05, 4.69) is 4.98 Å². The number of sulfonamides is 1. The second-order valence-electron chi connectivity index (χ2n) is 6.63. The summed E-state index contributed by atoms with van der Waals surface area (Å²) in [5.41, 5.74) is 0.741. The van der Waals surface area contributed by atoms with Crippen molar-refractivity contribution in [3.8, 4) is 0 Å². The molecule has 0 saturated carbocycles. The van der Waals surface area contributed by atoms with Crippen LogP contribution in [0.25, 0.3) is 0 Å². The highest BCUT2D eigenvalue weighted by Gasteiger charge is 2.56. The fourth-order valence-electron chi connectivity index (χ4n) is 3.20. The maximum atomic E-state index is 12.2. The Morgan fingerprint density at radius 3 is 2.74 bits per heavy atom. The lowest BCUT2D eigenvalue weighted by Gasteiger charge is -2.49. The van der Waals surface area contributed by atoms with Gasteiger partial charge in [0.15, 0.2) is 0 Å². The van der Waals surface area contributed by atoms with Crippen molar-refractivity contribution < 1.29 is 17.9 Å². The minimum absolute atomic E-state index is 0.253. The Kier molecular flexibility index (Phi) is 4.73. The van der Waals surface area contributed by atoms with Gasteiger partial charge in [-0.05, 0) is 38.0 Å². The number of nitrogens with zero attached hydrogens (tertiary/aromatic N) is 2. The van der Waals surface area contributed by atoms with Gasteiger partial charge in [0.05, 0.1) is 18.5 Å². The molecule has 0 N–H and O–H groups in total. The number of hydrogen-bond acceptors (Lipinski definition) is 5. The first kappa shape index (κ1) is 16.8. The van der Waals surface area contributed by atoms with E-state index in [0.717, 1.165) is 12.0 Å². The van der Waals surface area contributed by atoms with Gasteiger partial charge in [-0.1, -0.05) is 0 Å². The summed E-state index contributed by atoms with van der Waals surface area (Å²) < 4.78 is 37.7. The molecular formula is C16H24N2O4S. The molecule has 0 amide bonds. The number of aromatic nitrogens is 1. The first-order chi connectivity index (χ1) is 10.9. The summed E-state index contributed by atoms with van der Waals surface area (Å²) in [4.78, 5) is 3.98. The Bertz CT molecular complexity index is 627. The largest absolute Gasteiger partial charge is 0.376 e. The number of ether oxygens (including phenoxy) is 2. The predicted molar refractivity (Wildman–Crippen MR) is 86.3 cm³/mol. The second-order valence-corrected chi connectivity index (χ2v) is 9.12. The second kappa shape index (κ2) is 6.47. The molecule has 0 radical (unpaired) electrons. The first-order valence-corrected chi connectivity index (χ1v) is 9.54. The summed E-state index contributed by atoms with van der Waals surface area (Å²) in [7, 11) is -3.18. The highest BCUT2D eigenvalue weighted by atomic mass is 32.2. The summed E-state index contributed by atoms with van der Waals surface area (Å²) in [6, 6.07) is 3.86. The molecule has 1 unspecified atom stereocenters. The van der Waals surface area contributed by atoms with Crippen LogP contribution in [0, 0.1) is 5.92 Å². The van der Waals surface area contributed by atoms with E-state index in [1.165, 1.54) is 0 Å². The molecule has 1 aromatic rings. The van der Waals surface area contributed by atoms with Crippen LogP contribution in [0.5, 0.6) is 0 Å². The Hall–Kier alpha value is -1.02. The smallest absolute Gasteiger partial charge is 0.216 e. The summed E-state index contributed by atoms with van der Waals surface area (Å²) >= 11 is 0. The Balaban J connectivity index is 1.53. The van der Waals surface area contributed by atoms with Crippen LogP contribution in [0.2, 0.25) is 0 Å². The summed E-state index contributed by atoms with van der Waals surface area (Å²) in [6.07, 6.45) is 4.42. The van der Waals surface area contributed by atoms with Crippen LogP contribution in [0.15, 0.2) is 24.5 Å². The summed E-state index contributed by atoms with van der Waals surface area (Å²) in [5.74, 6) is 0.253. The fourth-order valence-corrected chi connectivity index (χ4v) is 4.59. The topological polar surface area (TPSA) is 68.7 Å². The van der Waals surface area contributed by atoms with E-state index in [1.807, 2.05) is 12.1 Å². The van der Waals surface area contributed by atoms with Crippen molar-refractivity contribution in [1.82, 2.24) is 9.29 Å². The normalized spacial score (nSPS) is 24.2. The van der Waals surface area contributed by atoms with Gasteiger partial charge in [0.2, 0.25) is 10.0 Å². The van der Waals surface area contributed by atoms with E-state index in [1.54, 1.807) is 30.5 Å². The monoisotopic (exact) mass is 340 g/mol. The lowest BCUT2D eigenvalue weighted by atomic mass is 9.83. The molecule has 0 bridgehead atoms. The quantitative estimate of drug-likeness (QED) is 0.783. The van der Waals surface area contributed by atoms with Gasteiger partial charge in [0.25, 0.3) is 0 Å². The van der Waals surface area contributed by atoms with Crippen molar-refractivity contribution in [2.75, 3.05) is 26.3 Å². The van der Waals surface area contributed by atoms with Gasteiger partial charge in [-0.2, -0.15) is 4.31 Å². The van der Waals surface area contributed by atoms with E-state index < -0.39 is 10.0 Å². The van der Waals surface area contributed by atoms with Crippen LogP contribution >= 0.6 is 0 Å². The van der Waals surface area contributed by atoms with Crippen LogP contribution in [-0.2, 0) is 26.1 Å². The van der Waals surface area contributed by atoms with E-state index in [-0.39, 0.29) is 16.8 Å². The molecule has 0 aliphatic carbocycles. The highest BCUT2D eigenvalue weighted by molar-refractivity contribution is 7.89. The average molecular weight is 340 g/mol. The minimum atomic E-state index is -3.18. The Morgan fingerprint density at radius 2 is 2.09 bits per heavy atom. The van der Waals surface area contributed by atoms with Gasteiger partial charge in [0, 0.05) is 38.0 Å². The van der Waals surface area contributed by atoms with Gasteiger partial charge in [-0.25, -0.2) is 8.42 Å². The number of rotatable bonds is 6. The molecule has 2 aliphatic heterocycles. The van der Waals surface area contributed by atoms with Crippen molar-refractivity contribution >= 4 is 10.0 Å². The van der Waals surface area contributed by atoms with Crippen molar-refractivity contribution in [1.29, 1.82) is 0 Å². The molecule has 128 valence electrons. The van der Waals surface area contributed by atoms with Gasteiger partial charge >= 0.3 is 0 Å². The molecule has 23 heavy (non-hydrogen) atoms. The third kappa shape index (κ3) is 3.28. The van der Waals surface area contributed by atoms with Crippen molar-refractivity contribution in [3.63, 3.8) is 0 Å². The third-order valence-electron chi connectivity index (χ3n) is 4.78. The molecule has 3 rings (SSSR count). The maximum absolute atomic E-state index is 12.2. The van der Waals surface area contributed by atoms with Crippen molar-refractivity contribution in [3.05, 3.63) is 30.1 Å². The molecule has 6 nitrogen and oxygen atoms in total. The Labute approximate surface area is 137 Å². The Morgan fingerprint density at radius 1 is 1.39 bits per heavy atom. The summed E-state index contributed by atoms with van der Waals surface area (Å²) in [5, 5.41) is -0.386. The number of pyridine rings is 1. The van der Waals surface area contributed by atoms with Crippen LogP contribution < -0.4 is 0 Å². The lowest BCUT2D eigenvalue weighted by molar-refractivity contribution is -0.115. The van der Waals surface area contributed by atoms with E-state index in [0.29, 0.717) is 32.9 Å². The van der Waals surface area contributed by atoms with Crippen molar-refractivity contribution in [2.45, 2.75) is 37.7 Å². The van der Waals surface area contributed by atoms with E-state index in [4.69, 9.17) is 9.47 Å². The van der Waals surface area contributed by atoms with Gasteiger partial charge in [0.1, 0.15) is 5.60 Å². The molecule has 3 heterocycles. The van der Waals surface area contributed by atoms with E-state index >= 15 is 0 Å². The zero-order valence-electron chi connectivity index (χ0n) is 13.6. The molecule has 2 fully saturated rings. The lowest BCUT2D eigenvalue weighted by Crippen LogP contribution is -2.67. The van der Waals surface area contributed by atoms with Crippen molar-refractivity contribution in [2.24, 2.45) is 5.92 Å². The van der Waals surface area contributed by atoms with Crippen LogP contribution in [-0.4, -0.2) is 54.9 Å². The maximum Gasteiger partial charge on any atom is 0.216 e. The first-order valence-electron chi connectivity index (χ1n) is 8.04. The molecular weight excluding hydrogens is 316 g/mol. The molecule has 1 aromatic heterocycles. The minimum Gasteiger partial charge on any atom is -0.376 e. The van der Waals surface area contributed by atoms with Crippen LogP contribution in [0.1, 0.15) is 25.8 Å². The highest BCUT2D eigenvalue weighted by Crippen LogP contribution is 2.41. The van der Waals surface area contributed by atoms with Crippen LogP contribution in [0.4, 0.5) is 0 Å². The summed E-state index contributed by atoms with van der Waals surface area (Å²) in [6.45, 7) is 6.16. The molecule has 2 aliphatic rings. The average Bonchev–Trinajstić information content (AvgIpc) is 2.90. The zero-order chi connectivity index (χ0) is 16.5. The molecule has 0 aromatic carbocycles. The molecule has 2 saturated heterocycles. The SMILES string of the molecule is CC(C)S(=O)(=O)N1CC2(C1)OCCC2COCc1ccncc1.